The molecule has 0 spiro atoms. The first-order valence-corrected chi connectivity index (χ1v) is 5.60. The van der Waals surface area contributed by atoms with E-state index < -0.39 is 0 Å². The van der Waals surface area contributed by atoms with E-state index in [2.05, 4.69) is 16.8 Å². The Morgan fingerprint density at radius 3 is 2.75 bits per heavy atom. The van der Waals surface area contributed by atoms with Gasteiger partial charge in [0.05, 0.1) is 0 Å². The maximum absolute atomic E-state index is 6.15. The number of hydrogen-bond donors (Lipinski definition) is 1. The highest BCUT2D eigenvalue weighted by atomic mass is 32.1. The van der Waals surface area contributed by atoms with Crippen LogP contribution in [0.1, 0.15) is 37.3 Å². The topological polar surface area (TPSA) is 26.0 Å². The summed E-state index contributed by atoms with van der Waals surface area (Å²) in [6, 6.07) is 2.46. The van der Waals surface area contributed by atoms with Gasteiger partial charge in [-0.05, 0) is 41.1 Å². The first-order chi connectivity index (χ1) is 5.88. The maximum Gasteiger partial charge on any atom is 0.0331 e. The van der Waals surface area contributed by atoms with Crippen LogP contribution in [0.3, 0.4) is 0 Å². The van der Waals surface area contributed by atoms with E-state index in [1.54, 1.807) is 11.3 Å². The molecule has 1 aliphatic carbocycles. The smallest absolute Gasteiger partial charge is 0.0331 e. The second-order valence-electron chi connectivity index (χ2n) is 3.63. The fourth-order valence-corrected chi connectivity index (χ4v) is 2.76. The molecule has 0 amide bonds. The summed E-state index contributed by atoms with van der Waals surface area (Å²) >= 11 is 1.75. The van der Waals surface area contributed by atoms with Gasteiger partial charge >= 0.3 is 0 Å². The highest BCUT2D eigenvalue weighted by Crippen LogP contribution is 2.34. The van der Waals surface area contributed by atoms with E-state index in [-0.39, 0.29) is 0 Å². The van der Waals surface area contributed by atoms with Crippen molar-refractivity contribution >= 4 is 11.3 Å². The summed E-state index contributed by atoms with van der Waals surface area (Å²) in [4.78, 5) is 0. The van der Waals surface area contributed by atoms with Crippen molar-refractivity contribution in [2.45, 2.75) is 31.7 Å². The number of nitrogens with two attached hydrogens (primary N) is 1. The van der Waals surface area contributed by atoms with Crippen molar-refractivity contribution in [3.05, 3.63) is 22.4 Å². The molecule has 1 fully saturated rings. The molecule has 0 bridgehead atoms. The second kappa shape index (κ2) is 3.58. The molecule has 1 aromatic rings. The Labute approximate surface area is 77.6 Å². The molecule has 0 saturated heterocycles. The van der Waals surface area contributed by atoms with E-state index in [4.69, 9.17) is 5.73 Å². The highest BCUT2D eigenvalue weighted by molar-refractivity contribution is 7.07. The molecular formula is C10H15NS. The summed E-state index contributed by atoms with van der Waals surface area (Å²) in [5.74, 6) is 0.750. The number of thiophene rings is 1. The molecule has 12 heavy (non-hydrogen) atoms. The molecular weight excluding hydrogens is 166 g/mol. The molecule has 2 heteroatoms. The summed E-state index contributed by atoms with van der Waals surface area (Å²) in [7, 11) is 0. The molecule has 1 unspecified atom stereocenters. The van der Waals surface area contributed by atoms with Crippen LogP contribution in [0.2, 0.25) is 0 Å². The zero-order valence-corrected chi connectivity index (χ0v) is 8.02. The van der Waals surface area contributed by atoms with Crippen LogP contribution < -0.4 is 5.73 Å². The minimum Gasteiger partial charge on any atom is -0.324 e. The van der Waals surface area contributed by atoms with Gasteiger partial charge in [-0.15, -0.1) is 0 Å². The van der Waals surface area contributed by atoms with Crippen molar-refractivity contribution in [3.63, 3.8) is 0 Å². The molecule has 66 valence electrons. The van der Waals surface area contributed by atoms with E-state index >= 15 is 0 Å². The normalized spacial score (nSPS) is 21.4. The lowest BCUT2D eigenvalue weighted by molar-refractivity contribution is 0.446. The standard InChI is InChI=1S/C10H15NS/c11-10(8-3-1-2-4-8)9-5-6-12-7-9/h5-8,10H,1-4,11H2. The van der Waals surface area contributed by atoms with Crippen molar-refractivity contribution in [2.75, 3.05) is 0 Å². The minimum atomic E-state index is 0.304. The SMILES string of the molecule is NC(c1ccsc1)C1CCCC1. The summed E-state index contributed by atoms with van der Waals surface area (Å²) in [6.07, 6.45) is 5.42. The Balaban J connectivity index is 2.04. The Hall–Kier alpha value is -0.340. The molecule has 0 aromatic carbocycles. The fourth-order valence-electron chi connectivity index (χ4n) is 2.05. The van der Waals surface area contributed by atoms with Crippen molar-refractivity contribution < 1.29 is 0 Å². The highest BCUT2D eigenvalue weighted by Gasteiger charge is 2.22. The van der Waals surface area contributed by atoms with Crippen molar-refractivity contribution in [1.82, 2.24) is 0 Å². The van der Waals surface area contributed by atoms with Gasteiger partial charge in [0.1, 0.15) is 0 Å². The lowest BCUT2D eigenvalue weighted by Gasteiger charge is -2.17. The van der Waals surface area contributed by atoms with Gasteiger partial charge in [0, 0.05) is 6.04 Å². The van der Waals surface area contributed by atoms with Crippen LogP contribution in [0.25, 0.3) is 0 Å². The van der Waals surface area contributed by atoms with Crippen molar-refractivity contribution in [1.29, 1.82) is 0 Å². The summed E-state index contributed by atoms with van der Waals surface area (Å²) in [5.41, 5.74) is 7.49. The van der Waals surface area contributed by atoms with Gasteiger partial charge in [0.15, 0.2) is 0 Å². The van der Waals surface area contributed by atoms with Crippen LogP contribution in [0, 0.1) is 5.92 Å². The van der Waals surface area contributed by atoms with Gasteiger partial charge in [0.25, 0.3) is 0 Å². The quantitative estimate of drug-likeness (QED) is 0.746. The van der Waals surface area contributed by atoms with Gasteiger partial charge < -0.3 is 5.73 Å². The predicted octanol–water partition coefficient (Wildman–Crippen LogP) is 2.94. The Morgan fingerprint density at radius 2 is 2.17 bits per heavy atom. The maximum atomic E-state index is 6.15. The molecule has 1 aliphatic rings. The molecule has 1 nitrogen and oxygen atoms in total. The van der Waals surface area contributed by atoms with Gasteiger partial charge in [-0.3, -0.25) is 0 Å². The first-order valence-electron chi connectivity index (χ1n) is 4.65. The van der Waals surface area contributed by atoms with E-state index in [1.807, 2.05) is 0 Å². The second-order valence-corrected chi connectivity index (χ2v) is 4.41. The zero-order valence-electron chi connectivity index (χ0n) is 7.20. The fraction of sp³-hybridized carbons (Fsp3) is 0.600. The molecule has 2 rings (SSSR count). The Kier molecular flexibility index (Phi) is 2.47. The van der Waals surface area contributed by atoms with Crippen LogP contribution >= 0.6 is 11.3 Å². The largest absolute Gasteiger partial charge is 0.324 e. The van der Waals surface area contributed by atoms with E-state index in [1.165, 1.54) is 31.2 Å². The average molecular weight is 181 g/mol. The summed E-state index contributed by atoms with van der Waals surface area (Å²) < 4.78 is 0. The van der Waals surface area contributed by atoms with Crippen molar-refractivity contribution in [3.8, 4) is 0 Å². The zero-order chi connectivity index (χ0) is 8.39. The molecule has 2 N–H and O–H groups in total. The van der Waals surface area contributed by atoms with Crippen LogP contribution in [0.5, 0.6) is 0 Å². The van der Waals surface area contributed by atoms with Gasteiger partial charge in [-0.1, -0.05) is 12.8 Å². The summed E-state index contributed by atoms with van der Waals surface area (Å²) in [6.45, 7) is 0. The molecule has 0 aliphatic heterocycles. The monoisotopic (exact) mass is 181 g/mol. The van der Waals surface area contributed by atoms with Gasteiger partial charge in [-0.25, -0.2) is 0 Å². The molecule has 1 atom stereocenters. The van der Waals surface area contributed by atoms with Gasteiger partial charge in [0.2, 0.25) is 0 Å². The molecule has 1 saturated carbocycles. The van der Waals surface area contributed by atoms with E-state index in [0.29, 0.717) is 6.04 Å². The van der Waals surface area contributed by atoms with E-state index in [9.17, 15) is 0 Å². The van der Waals surface area contributed by atoms with E-state index in [0.717, 1.165) is 5.92 Å². The van der Waals surface area contributed by atoms with Crippen LogP contribution in [-0.2, 0) is 0 Å². The Bertz CT molecular complexity index is 224. The Morgan fingerprint density at radius 1 is 1.42 bits per heavy atom. The number of rotatable bonds is 2. The molecule has 0 radical (unpaired) electrons. The van der Waals surface area contributed by atoms with Gasteiger partial charge in [-0.2, -0.15) is 11.3 Å². The van der Waals surface area contributed by atoms with Crippen LogP contribution in [-0.4, -0.2) is 0 Å². The summed E-state index contributed by atoms with van der Waals surface area (Å²) in [5, 5.41) is 4.30. The minimum absolute atomic E-state index is 0.304. The van der Waals surface area contributed by atoms with Crippen molar-refractivity contribution in [2.24, 2.45) is 11.7 Å². The van der Waals surface area contributed by atoms with Crippen LogP contribution in [0.15, 0.2) is 16.8 Å². The first kappa shape index (κ1) is 8.27. The van der Waals surface area contributed by atoms with Crippen LogP contribution in [0.4, 0.5) is 0 Å². The predicted molar refractivity (Wildman–Crippen MR) is 53.2 cm³/mol. The number of hydrogen-bond acceptors (Lipinski definition) is 2. The lowest BCUT2D eigenvalue weighted by atomic mass is 9.94. The third-order valence-corrected chi connectivity index (χ3v) is 3.54. The third-order valence-electron chi connectivity index (χ3n) is 2.84. The molecule has 1 heterocycles. The average Bonchev–Trinajstić information content (AvgIpc) is 2.77. The molecule has 1 aromatic heterocycles. The lowest BCUT2D eigenvalue weighted by Crippen LogP contribution is -2.18. The third kappa shape index (κ3) is 1.54.